The molecule has 0 saturated heterocycles. The van der Waals surface area contributed by atoms with Crippen molar-refractivity contribution in [1.29, 1.82) is 0 Å². The number of nitrogens with zero attached hydrogens (tertiary/aromatic N) is 1. The fourth-order valence-corrected chi connectivity index (χ4v) is 2.67. The molecular weight excluding hydrogens is 369 g/mol. The number of nitro groups is 1. The molecule has 0 aliphatic carbocycles. The van der Waals surface area contributed by atoms with Gasteiger partial charge < -0.3 is 4.74 Å². The molecule has 2 aromatic carbocycles. The van der Waals surface area contributed by atoms with E-state index in [9.17, 15) is 10.1 Å². The predicted octanol–water partition coefficient (Wildman–Crippen LogP) is 5.54. The van der Waals surface area contributed by atoms with E-state index in [0.717, 1.165) is 10.0 Å². The molecule has 0 atom stereocenters. The third-order valence-corrected chi connectivity index (χ3v) is 3.85. The number of hydrogen-bond donors (Lipinski definition) is 0. The molecular formula is C13H8BrCl2NO3. The molecule has 0 radical (unpaired) electrons. The molecule has 0 fully saturated rings. The van der Waals surface area contributed by atoms with Crippen molar-refractivity contribution in [3.8, 4) is 11.5 Å². The molecule has 0 N–H and O–H groups in total. The zero-order valence-electron chi connectivity index (χ0n) is 9.98. The van der Waals surface area contributed by atoms with Gasteiger partial charge in [0, 0.05) is 22.5 Å². The molecule has 0 aliphatic heterocycles. The molecule has 0 aliphatic rings. The molecule has 0 spiro atoms. The minimum Gasteiger partial charge on any atom is -0.457 e. The highest BCUT2D eigenvalue weighted by molar-refractivity contribution is 9.10. The van der Waals surface area contributed by atoms with Crippen LogP contribution >= 0.6 is 39.1 Å². The highest BCUT2D eigenvalue weighted by Gasteiger charge is 2.13. The smallest absolute Gasteiger partial charge is 0.288 e. The van der Waals surface area contributed by atoms with Gasteiger partial charge in [-0.2, -0.15) is 0 Å². The highest BCUT2D eigenvalue weighted by atomic mass is 79.9. The lowest BCUT2D eigenvalue weighted by molar-refractivity contribution is -0.384. The van der Waals surface area contributed by atoms with Crippen LogP contribution in [0, 0.1) is 10.1 Å². The summed E-state index contributed by atoms with van der Waals surface area (Å²) in [5.41, 5.74) is 0.790. The first kappa shape index (κ1) is 15.1. The fraction of sp³-hybridized carbons (Fsp3) is 0.0769. The Morgan fingerprint density at radius 1 is 1.20 bits per heavy atom. The van der Waals surface area contributed by atoms with Gasteiger partial charge in [0.15, 0.2) is 0 Å². The summed E-state index contributed by atoms with van der Waals surface area (Å²) in [7, 11) is 0. The third kappa shape index (κ3) is 3.42. The van der Waals surface area contributed by atoms with Gasteiger partial charge in [-0.1, -0.05) is 33.6 Å². The Morgan fingerprint density at radius 2 is 1.85 bits per heavy atom. The van der Waals surface area contributed by atoms with E-state index >= 15 is 0 Å². The fourth-order valence-electron chi connectivity index (χ4n) is 1.54. The van der Waals surface area contributed by atoms with Crippen LogP contribution in [0.2, 0.25) is 5.02 Å². The summed E-state index contributed by atoms with van der Waals surface area (Å²) in [5, 5.41) is 10.7. The maximum absolute atomic E-state index is 10.7. The van der Waals surface area contributed by atoms with E-state index in [0.29, 0.717) is 17.4 Å². The quantitative estimate of drug-likeness (QED) is 0.399. The number of nitro benzene ring substituents is 1. The Labute approximate surface area is 133 Å². The first-order valence-electron chi connectivity index (χ1n) is 5.47. The second-order valence-electron chi connectivity index (χ2n) is 3.86. The van der Waals surface area contributed by atoms with E-state index in [-0.39, 0.29) is 10.7 Å². The lowest BCUT2D eigenvalue weighted by Gasteiger charge is -2.08. The molecule has 2 aromatic rings. The number of benzene rings is 2. The zero-order valence-corrected chi connectivity index (χ0v) is 13.1. The van der Waals surface area contributed by atoms with Gasteiger partial charge in [-0.15, -0.1) is 11.6 Å². The highest BCUT2D eigenvalue weighted by Crippen LogP contribution is 2.32. The minimum absolute atomic E-state index is 0.0314. The maximum Gasteiger partial charge on any atom is 0.288 e. The standard InChI is InChI=1S/C13H8BrCl2NO3/c14-11-5-9(2-1-8(11)7-15)20-10-3-4-13(17(18)19)12(16)6-10/h1-6H,7H2. The second-order valence-corrected chi connectivity index (χ2v) is 5.39. The van der Waals surface area contributed by atoms with Crippen LogP contribution in [0.25, 0.3) is 0 Å². The molecule has 7 heteroatoms. The number of alkyl halides is 1. The van der Waals surface area contributed by atoms with E-state index < -0.39 is 4.92 Å². The van der Waals surface area contributed by atoms with Crippen LogP contribution in [0.15, 0.2) is 40.9 Å². The van der Waals surface area contributed by atoms with Crippen molar-refractivity contribution in [2.75, 3.05) is 0 Å². The van der Waals surface area contributed by atoms with Gasteiger partial charge >= 0.3 is 0 Å². The lowest BCUT2D eigenvalue weighted by atomic mass is 10.2. The van der Waals surface area contributed by atoms with E-state index in [1.165, 1.54) is 18.2 Å². The molecule has 0 unspecified atom stereocenters. The summed E-state index contributed by atoms with van der Waals surface area (Å²) < 4.78 is 6.43. The molecule has 0 heterocycles. The molecule has 20 heavy (non-hydrogen) atoms. The van der Waals surface area contributed by atoms with Crippen LogP contribution in [-0.2, 0) is 5.88 Å². The van der Waals surface area contributed by atoms with Gasteiger partial charge in [0.05, 0.1) is 4.92 Å². The van der Waals surface area contributed by atoms with E-state index in [4.69, 9.17) is 27.9 Å². The molecule has 0 saturated carbocycles. The zero-order chi connectivity index (χ0) is 14.7. The van der Waals surface area contributed by atoms with Gasteiger partial charge in [-0.05, 0) is 23.8 Å². The van der Waals surface area contributed by atoms with Crippen LogP contribution in [0.3, 0.4) is 0 Å². The van der Waals surface area contributed by atoms with Crippen molar-refractivity contribution >= 4 is 44.8 Å². The van der Waals surface area contributed by atoms with Crippen LogP contribution < -0.4 is 4.74 Å². The second kappa shape index (κ2) is 6.43. The monoisotopic (exact) mass is 375 g/mol. The largest absolute Gasteiger partial charge is 0.457 e. The Hall–Kier alpha value is -1.30. The van der Waals surface area contributed by atoms with Gasteiger partial charge in [-0.3, -0.25) is 10.1 Å². The SMILES string of the molecule is O=[N+]([O-])c1ccc(Oc2ccc(CCl)c(Br)c2)cc1Cl. The average Bonchev–Trinajstić information content (AvgIpc) is 2.38. The van der Waals surface area contributed by atoms with Crippen LogP contribution in [0.5, 0.6) is 11.5 Å². The minimum atomic E-state index is -0.544. The van der Waals surface area contributed by atoms with Gasteiger partial charge in [0.1, 0.15) is 16.5 Å². The summed E-state index contributed by atoms with van der Waals surface area (Å²) in [6, 6.07) is 9.57. The molecule has 0 amide bonds. The van der Waals surface area contributed by atoms with Crippen molar-refractivity contribution < 1.29 is 9.66 Å². The number of hydrogen-bond acceptors (Lipinski definition) is 3. The Bertz CT molecular complexity index is 664. The normalized spacial score (nSPS) is 10.3. The van der Waals surface area contributed by atoms with Crippen LogP contribution in [-0.4, -0.2) is 4.92 Å². The van der Waals surface area contributed by atoms with Crippen molar-refractivity contribution in [2.24, 2.45) is 0 Å². The van der Waals surface area contributed by atoms with E-state index in [1.807, 2.05) is 6.07 Å². The predicted molar refractivity (Wildman–Crippen MR) is 81.9 cm³/mol. The molecule has 0 aromatic heterocycles. The Kier molecular flexibility index (Phi) is 4.86. The first-order chi connectivity index (χ1) is 9.51. The van der Waals surface area contributed by atoms with Gasteiger partial charge in [-0.25, -0.2) is 0 Å². The summed E-state index contributed by atoms with van der Waals surface area (Å²) in [6.07, 6.45) is 0. The molecule has 104 valence electrons. The first-order valence-corrected chi connectivity index (χ1v) is 7.18. The Balaban J connectivity index is 2.24. The Morgan fingerprint density at radius 3 is 2.40 bits per heavy atom. The molecule has 2 rings (SSSR count). The molecule has 4 nitrogen and oxygen atoms in total. The maximum atomic E-state index is 10.7. The van der Waals surface area contributed by atoms with Gasteiger partial charge in [0.25, 0.3) is 5.69 Å². The number of ether oxygens (including phenoxy) is 1. The lowest BCUT2D eigenvalue weighted by Crippen LogP contribution is -1.91. The summed E-state index contributed by atoms with van der Waals surface area (Å²) in [4.78, 5) is 10.1. The summed E-state index contributed by atoms with van der Waals surface area (Å²) >= 11 is 15.0. The topological polar surface area (TPSA) is 52.4 Å². The number of rotatable bonds is 4. The van der Waals surface area contributed by atoms with Crippen molar-refractivity contribution in [2.45, 2.75) is 5.88 Å². The average molecular weight is 377 g/mol. The summed E-state index contributed by atoms with van der Waals surface area (Å²) in [5.74, 6) is 1.39. The molecule has 0 bridgehead atoms. The van der Waals surface area contributed by atoms with Crippen LogP contribution in [0.4, 0.5) is 5.69 Å². The van der Waals surface area contributed by atoms with E-state index in [1.54, 1.807) is 12.1 Å². The van der Waals surface area contributed by atoms with Crippen molar-refractivity contribution in [3.63, 3.8) is 0 Å². The van der Waals surface area contributed by atoms with E-state index in [2.05, 4.69) is 15.9 Å². The van der Waals surface area contributed by atoms with Gasteiger partial charge in [0.2, 0.25) is 0 Å². The van der Waals surface area contributed by atoms with Crippen LogP contribution in [0.1, 0.15) is 5.56 Å². The summed E-state index contributed by atoms with van der Waals surface area (Å²) in [6.45, 7) is 0. The number of halogens is 3. The van der Waals surface area contributed by atoms with Crippen molar-refractivity contribution in [1.82, 2.24) is 0 Å². The third-order valence-electron chi connectivity index (χ3n) is 2.52. The van der Waals surface area contributed by atoms with Crippen molar-refractivity contribution in [3.05, 3.63) is 61.6 Å².